The smallest absolute Gasteiger partial charge is 0.0514 e. The first-order valence-corrected chi connectivity index (χ1v) is 8.43. The molecule has 1 aromatic heterocycles. The van der Waals surface area contributed by atoms with Gasteiger partial charge in [0.1, 0.15) is 0 Å². The van der Waals surface area contributed by atoms with Crippen molar-refractivity contribution in [3.05, 3.63) is 47.2 Å². The number of aromatic nitrogens is 1. The van der Waals surface area contributed by atoms with Crippen LogP contribution in [0, 0.1) is 11.8 Å². The maximum absolute atomic E-state index is 9.99. The Morgan fingerprint density at radius 2 is 2.23 bits per heavy atom. The maximum Gasteiger partial charge on any atom is 0.0514 e. The number of allylic oxidation sites excluding steroid dienone is 1. The molecule has 1 aromatic carbocycles. The monoisotopic (exact) mass is 294 g/mol. The van der Waals surface area contributed by atoms with E-state index in [1.165, 1.54) is 27.7 Å². The number of aromatic amines is 1. The number of hydrogen-bond donors (Lipinski definition) is 2. The number of para-hydroxylation sites is 1. The normalized spacial score (nSPS) is 37.7. The lowest BCUT2D eigenvalue weighted by atomic mass is 9.64. The average Bonchev–Trinajstić information content (AvgIpc) is 2.93. The summed E-state index contributed by atoms with van der Waals surface area (Å²) in [6, 6.07) is 9.68. The van der Waals surface area contributed by atoms with Crippen molar-refractivity contribution in [2.45, 2.75) is 31.8 Å². The molecule has 6 rings (SSSR count). The van der Waals surface area contributed by atoms with Gasteiger partial charge in [0.2, 0.25) is 0 Å². The van der Waals surface area contributed by atoms with Gasteiger partial charge in [0.05, 0.1) is 6.04 Å². The number of fused-ring (bicyclic) bond motifs is 4. The molecule has 0 radical (unpaired) electrons. The Morgan fingerprint density at radius 3 is 3.05 bits per heavy atom. The summed E-state index contributed by atoms with van der Waals surface area (Å²) in [7, 11) is 0. The van der Waals surface area contributed by atoms with Crippen molar-refractivity contribution < 1.29 is 5.11 Å². The molecule has 3 fully saturated rings. The maximum atomic E-state index is 9.99. The third-order valence-corrected chi connectivity index (χ3v) is 6.33. The van der Waals surface area contributed by atoms with Crippen LogP contribution in [0.3, 0.4) is 0 Å². The Kier molecular flexibility index (Phi) is 2.62. The molecule has 22 heavy (non-hydrogen) atoms. The zero-order valence-corrected chi connectivity index (χ0v) is 12.9. The molecule has 3 nitrogen and oxygen atoms in total. The third kappa shape index (κ3) is 1.48. The SMILES string of the molecule is CC=C1CN2[C@@H]3C[C@@H]1C(CO)[C@H]2Cc1c3[nH]c2ccccc12. The molecule has 0 aliphatic carbocycles. The van der Waals surface area contributed by atoms with E-state index in [-0.39, 0.29) is 0 Å². The quantitative estimate of drug-likeness (QED) is 0.794. The summed E-state index contributed by atoms with van der Waals surface area (Å²) in [5.74, 6) is 0.965. The van der Waals surface area contributed by atoms with Crippen LogP contribution in [0.15, 0.2) is 35.9 Å². The van der Waals surface area contributed by atoms with E-state index in [0.29, 0.717) is 30.5 Å². The van der Waals surface area contributed by atoms with E-state index in [2.05, 4.69) is 47.1 Å². The summed E-state index contributed by atoms with van der Waals surface area (Å²) in [6.07, 6.45) is 4.51. The highest BCUT2D eigenvalue weighted by Gasteiger charge is 2.52. The van der Waals surface area contributed by atoms with Crippen molar-refractivity contribution in [2.75, 3.05) is 13.2 Å². The number of nitrogens with one attached hydrogen (secondary N) is 1. The molecule has 0 saturated carbocycles. The van der Waals surface area contributed by atoms with Gasteiger partial charge in [-0.15, -0.1) is 0 Å². The van der Waals surface area contributed by atoms with E-state index in [0.717, 1.165) is 19.4 Å². The summed E-state index contributed by atoms with van der Waals surface area (Å²) in [5, 5.41) is 11.4. The molecule has 4 aliphatic heterocycles. The lowest BCUT2D eigenvalue weighted by Gasteiger charge is -2.58. The van der Waals surface area contributed by atoms with E-state index >= 15 is 0 Å². The van der Waals surface area contributed by atoms with Crippen LogP contribution in [0.2, 0.25) is 0 Å². The minimum absolute atomic E-state index is 0.313. The van der Waals surface area contributed by atoms with Crippen LogP contribution < -0.4 is 0 Å². The number of nitrogens with zero attached hydrogens (tertiary/aromatic N) is 1. The Labute approximate surface area is 130 Å². The molecule has 5 atom stereocenters. The van der Waals surface area contributed by atoms with Gasteiger partial charge in [-0.05, 0) is 37.3 Å². The molecule has 4 aliphatic rings. The molecular weight excluding hydrogens is 272 g/mol. The first kappa shape index (κ1) is 12.9. The van der Waals surface area contributed by atoms with Gasteiger partial charge in [0.25, 0.3) is 0 Å². The van der Waals surface area contributed by atoms with E-state index < -0.39 is 0 Å². The van der Waals surface area contributed by atoms with Crippen LogP contribution in [-0.4, -0.2) is 34.2 Å². The van der Waals surface area contributed by atoms with Crippen LogP contribution in [-0.2, 0) is 6.42 Å². The molecular formula is C19H22N2O. The van der Waals surface area contributed by atoms with E-state index in [4.69, 9.17) is 0 Å². The summed E-state index contributed by atoms with van der Waals surface area (Å²) < 4.78 is 0. The van der Waals surface area contributed by atoms with Crippen LogP contribution in [0.1, 0.15) is 30.6 Å². The summed E-state index contributed by atoms with van der Waals surface area (Å²) >= 11 is 0. The number of piperidine rings is 3. The Morgan fingerprint density at radius 1 is 1.36 bits per heavy atom. The molecule has 5 heterocycles. The largest absolute Gasteiger partial charge is 0.396 e. The van der Waals surface area contributed by atoms with Crippen LogP contribution in [0.4, 0.5) is 0 Å². The number of aliphatic hydroxyl groups excluding tert-OH is 1. The zero-order chi connectivity index (χ0) is 14.8. The fraction of sp³-hybridized carbons (Fsp3) is 0.474. The highest BCUT2D eigenvalue weighted by atomic mass is 16.3. The number of benzene rings is 1. The topological polar surface area (TPSA) is 39.3 Å². The highest BCUT2D eigenvalue weighted by molar-refractivity contribution is 5.85. The lowest BCUT2D eigenvalue weighted by molar-refractivity contribution is -0.0503. The van der Waals surface area contributed by atoms with Crippen molar-refractivity contribution in [1.29, 1.82) is 0 Å². The minimum Gasteiger partial charge on any atom is -0.396 e. The minimum atomic E-state index is 0.313. The fourth-order valence-electron chi connectivity index (χ4n) is 5.32. The van der Waals surface area contributed by atoms with Gasteiger partial charge >= 0.3 is 0 Å². The van der Waals surface area contributed by atoms with Crippen molar-refractivity contribution in [3.63, 3.8) is 0 Å². The van der Waals surface area contributed by atoms with Gasteiger partial charge in [-0.3, -0.25) is 4.90 Å². The van der Waals surface area contributed by atoms with Crippen LogP contribution in [0.25, 0.3) is 10.9 Å². The van der Waals surface area contributed by atoms with Crippen LogP contribution in [0.5, 0.6) is 0 Å². The number of H-pyrrole nitrogens is 1. The van der Waals surface area contributed by atoms with Crippen molar-refractivity contribution in [1.82, 2.24) is 9.88 Å². The molecule has 3 heteroatoms. The van der Waals surface area contributed by atoms with Crippen molar-refractivity contribution in [3.8, 4) is 0 Å². The van der Waals surface area contributed by atoms with Gasteiger partial charge in [-0.25, -0.2) is 0 Å². The summed E-state index contributed by atoms with van der Waals surface area (Å²) in [4.78, 5) is 6.35. The molecule has 0 spiro atoms. The second-order valence-corrected chi connectivity index (χ2v) is 7.07. The summed E-state index contributed by atoms with van der Waals surface area (Å²) in [6.45, 7) is 3.55. The van der Waals surface area contributed by atoms with Gasteiger partial charge in [0.15, 0.2) is 0 Å². The number of rotatable bonds is 1. The van der Waals surface area contributed by atoms with Gasteiger partial charge in [0, 0.05) is 41.7 Å². The average molecular weight is 294 g/mol. The number of hydrogen-bond acceptors (Lipinski definition) is 2. The summed E-state index contributed by atoms with van der Waals surface area (Å²) in [5.41, 5.74) is 5.74. The van der Waals surface area contributed by atoms with Crippen molar-refractivity contribution in [2.24, 2.45) is 11.8 Å². The first-order valence-electron chi connectivity index (χ1n) is 8.43. The van der Waals surface area contributed by atoms with Gasteiger partial charge in [-0.2, -0.15) is 0 Å². The second kappa shape index (κ2) is 4.46. The fourth-order valence-corrected chi connectivity index (χ4v) is 5.32. The lowest BCUT2D eigenvalue weighted by Crippen LogP contribution is -2.60. The number of aliphatic hydroxyl groups is 1. The third-order valence-electron chi connectivity index (χ3n) is 6.33. The van der Waals surface area contributed by atoms with Crippen molar-refractivity contribution >= 4 is 10.9 Å². The Balaban J connectivity index is 1.69. The molecule has 4 bridgehead atoms. The molecule has 0 amide bonds. The van der Waals surface area contributed by atoms with Crippen LogP contribution >= 0.6 is 0 Å². The standard InChI is InChI=1S/C19H22N2O/c1-2-11-9-21-17-8-14-12-5-3-4-6-16(12)20-19(14)18(21)7-13(11)15(17)10-22/h2-6,13,15,17-18,20,22H,7-10H2,1H3/t13-,15?,17+,18+/m0/s1. The molecule has 2 aromatic rings. The second-order valence-electron chi connectivity index (χ2n) is 7.07. The Hall–Kier alpha value is -1.58. The highest BCUT2D eigenvalue weighted by Crippen LogP contribution is 2.53. The zero-order valence-electron chi connectivity index (χ0n) is 12.9. The Bertz CT molecular complexity index is 775. The van der Waals surface area contributed by atoms with Gasteiger partial charge in [-0.1, -0.05) is 29.8 Å². The molecule has 114 valence electrons. The van der Waals surface area contributed by atoms with E-state index in [1.807, 2.05) is 0 Å². The molecule has 2 N–H and O–H groups in total. The first-order chi connectivity index (χ1) is 10.8. The predicted molar refractivity (Wildman–Crippen MR) is 87.7 cm³/mol. The van der Waals surface area contributed by atoms with E-state index in [9.17, 15) is 5.11 Å². The molecule has 2 unspecified atom stereocenters. The predicted octanol–water partition coefficient (Wildman–Crippen LogP) is 3.02. The van der Waals surface area contributed by atoms with Gasteiger partial charge < -0.3 is 10.1 Å². The van der Waals surface area contributed by atoms with E-state index in [1.54, 1.807) is 0 Å². The molecule has 3 saturated heterocycles.